The molecule has 0 fully saturated rings. The van der Waals surface area contributed by atoms with Gasteiger partial charge in [0.15, 0.2) is 0 Å². The Labute approximate surface area is 152 Å². The van der Waals surface area contributed by atoms with Crippen LogP contribution in [0.25, 0.3) is 6.08 Å². The third kappa shape index (κ3) is 5.00. The van der Waals surface area contributed by atoms with Crippen molar-refractivity contribution in [1.82, 2.24) is 0 Å². The number of alkyl halides is 3. The van der Waals surface area contributed by atoms with Crippen LogP contribution < -0.4 is 0 Å². The molecular weight excluding hydrogens is 376 g/mol. The number of halogens is 5. The number of hydrogen-bond donors (Lipinski definition) is 1. The molecular formula is C18H13Cl2F3O2. The summed E-state index contributed by atoms with van der Waals surface area (Å²) in [6.45, 7) is 1.58. The Morgan fingerprint density at radius 1 is 1.12 bits per heavy atom. The van der Waals surface area contributed by atoms with Gasteiger partial charge >= 0.3 is 12.1 Å². The zero-order valence-electron chi connectivity index (χ0n) is 12.9. The van der Waals surface area contributed by atoms with Gasteiger partial charge in [0.05, 0.1) is 11.5 Å². The second-order valence-corrected chi connectivity index (χ2v) is 6.33. The van der Waals surface area contributed by atoms with Crippen LogP contribution in [0.15, 0.2) is 42.5 Å². The van der Waals surface area contributed by atoms with Gasteiger partial charge in [-0.15, -0.1) is 0 Å². The molecule has 0 aliphatic heterocycles. The van der Waals surface area contributed by atoms with Crippen molar-refractivity contribution in [2.45, 2.75) is 19.0 Å². The van der Waals surface area contributed by atoms with Gasteiger partial charge in [-0.2, -0.15) is 13.2 Å². The maximum Gasteiger partial charge on any atom is 0.399 e. The minimum atomic E-state index is -4.53. The van der Waals surface area contributed by atoms with Crippen molar-refractivity contribution in [3.8, 4) is 0 Å². The third-order valence-corrected chi connectivity index (χ3v) is 4.00. The van der Waals surface area contributed by atoms with Crippen molar-refractivity contribution in [1.29, 1.82) is 0 Å². The van der Waals surface area contributed by atoms with Crippen molar-refractivity contribution in [3.05, 3.63) is 74.8 Å². The second-order valence-electron chi connectivity index (χ2n) is 5.46. The maximum absolute atomic E-state index is 13.4. The van der Waals surface area contributed by atoms with Gasteiger partial charge in [-0.3, -0.25) is 0 Å². The number of hydrogen-bond acceptors (Lipinski definition) is 1. The number of aryl methyl sites for hydroxylation is 1. The lowest BCUT2D eigenvalue weighted by molar-refractivity contribution is -0.139. The average Bonchev–Trinajstić information content (AvgIpc) is 2.44. The smallest absolute Gasteiger partial charge is 0.399 e. The molecule has 0 aliphatic carbocycles. The second kappa shape index (κ2) is 7.50. The van der Waals surface area contributed by atoms with Crippen LogP contribution >= 0.6 is 23.2 Å². The Bertz CT molecular complexity index is 809. The number of aromatic carboxylic acids is 1. The first-order chi connectivity index (χ1) is 11.6. The quantitative estimate of drug-likeness (QED) is 0.661. The van der Waals surface area contributed by atoms with Gasteiger partial charge in [-0.05, 0) is 47.9 Å². The Kier molecular flexibility index (Phi) is 5.80. The first-order valence-corrected chi connectivity index (χ1v) is 7.88. The van der Waals surface area contributed by atoms with Crippen molar-refractivity contribution in [2.24, 2.45) is 0 Å². The molecule has 0 aliphatic rings. The molecule has 2 rings (SSSR count). The Morgan fingerprint density at radius 2 is 1.72 bits per heavy atom. The van der Waals surface area contributed by atoms with Crippen molar-refractivity contribution in [2.75, 3.05) is 0 Å². The zero-order valence-corrected chi connectivity index (χ0v) is 14.5. The zero-order chi connectivity index (χ0) is 18.8. The Hall–Kier alpha value is -1.98. The third-order valence-electron chi connectivity index (χ3n) is 3.56. The van der Waals surface area contributed by atoms with E-state index in [1.54, 1.807) is 6.92 Å². The fourth-order valence-electron chi connectivity index (χ4n) is 2.40. The van der Waals surface area contributed by atoms with E-state index in [0.29, 0.717) is 11.1 Å². The van der Waals surface area contributed by atoms with Crippen molar-refractivity contribution in [3.63, 3.8) is 0 Å². The van der Waals surface area contributed by atoms with Crippen LogP contribution in [0.1, 0.15) is 33.0 Å². The fraction of sp³-hybridized carbons (Fsp3) is 0.167. The average molecular weight is 389 g/mol. The molecule has 1 unspecified atom stereocenters. The molecule has 0 spiro atoms. The summed E-state index contributed by atoms with van der Waals surface area (Å²) in [5.74, 6) is -2.97. The van der Waals surface area contributed by atoms with Crippen LogP contribution in [0.4, 0.5) is 13.2 Å². The molecule has 0 aromatic heterocycles. The van der Waals surface area contributed by atoms with Crippen LogP contribution in [0.3, 0.4) is 0 Å². The molecule has 132 valence electrons. The molecule has 1 N–H and O–H groups in total. The van der Waals surface area contributed by atoms with Crippen molar-refractivity contribution >= 4 is 35.2 Å². The lowest BCUT2D eigenvalue weighted by atomic mass is 9.96. The Balaban J connectivity index is 2.39. The largest absolute Gasteiger partial charge is 0.478 e. The normalized spacial score (nSPS) is 13.2. The van der Waals surface area contributed by atoms with E-state index in [1.165, 1.54) is 42.5 Å². The van der Waals surface area contributed by atoms with Gasteiger partial charge in [0.2, 0.25) is 0 Å². The van der Waals surface area contributed by atoms with E-state index in [0.717, 1.165) is 6.08 Å². The van der Waals surface area contributed by atoms with Crippen LogP contribution in [-0.4, -0.2) is 17.3 Å². The molecule has 2 nitrogen and oxygen atoms in total. The highest BCUT2D eigenvalue weighted by Crippen LogP contribution is 2.38. The highest BCUT2D eigenvalue weighted by molar-refractivity contribution is 6.34. The van der Waals surface area contributed by atoms with E-state index >= 15 is 0 Å². The highest BCUT2D eigenvalue weighted by Gasteiger charge is 2.39. The van der Waals surface area contributed by atoms with Crippen LogP contribution in [0, 0.1) is 6.92 Å². The summed E-state index contributed by atoms with van der Waals surface area (Å²) in [6, 6.07) is 8.11. The molecule has 25 heavy (non-hydrogen) atoms. The first-order valence-electron chi connectivity index (χ1n) is 7.13. The lowest BCUT2D eigenvalue weighted by Crippen LogP contribution is -2.18. The monoisotopic (exact) mass is 388 g/mol. The molecule has 0 bridgehead atoms. The summed E-state index contributed by atoms with van der Waals surface area (Å²) in [5, 5.41) is 9.23. The van der Waals surface area contributed by atoms with E-state index in [4.69, 9.17) is 28.3 Å². The topological polar surface area (TPSA) is 37.3 Å². The molecule has 2 aromatic carbocycles. The highest BCUT2D eigenvalue weighted by atomic mass is 35.5. The predicted octanol–water partition coefficient (Wildman–Crippen LogP) is 6.36. The van der Waals surface area contributed by atoms with E-state index in [-0.39, 0.29) is 21.2 Å². The number of carbonyl (C=O) groups is 1. The van der Waals surface area contributed by atoms with Crippen LogP contribution in [0.2, 0.25) is 10.0 Å². The molecule has 1 atom stereocenters. The van der Waals surface area contributed by atoms with Gasteiger partial charge in [0, 0.05) is 10.0 Å². The molecule has 0 amide bonds. The number of rotatable bonds is 4. The van der Waals surface area contributed by atoms with Gasteiger partial charge < -0.3 is 5.11 Å². The van der Waals surface area contributed by atoms with E-state index < -0.39 is 18.1 Å². The molecule has 0 heterocycles. The van der Waals surface area contributed by atoms with E-state index in [1.807, 2.05) is 0 Å². The SMILES string of the molecule is Cc1cc(C=CC(c2cc(Cl)cc(Cl)c2)C(F)(F)F)ccc1C(=O)O. The molecule has 2 aromatic rings. The van der Waals surface area contributed by atoms with Gasteiger partial charge in [0.1, 0.15) is 0 Å². The number of allylic oxidation sites excluding steroid dienone is 1. The van der Waals surface area contributed by atoms with Gasteiger partial charge in [-0.1, -0.05) is 47.5 Å². The predicted molar refractivity (Wildman–Crippen MR) is 92.4 cm³/mol. The van der Waals surface area contributed by atoms with Crippen LogP contribution in [0.5, 0.6) is 0 Å². The summed E-state index contributed by atoms with van der Waals surface area (Å²) in [4.78, 5) is 11.0. The van der Waals surface area contributed by atoms with Crippen molar-refractivity contribution < 1.29 is 23.1 Å². The van der Waals surface area contributed by atoms with E-state index in [9.17, 15) is 18.0 Å². The first kappa shape index (κ1) is 19.3. The molecule has 0 saturated heterocycles. The Morgan fingerprint density at radius 3 is 2.20 bits per heavy atom. The number of carboxylic acid groups (broad SMARTS) is 1. The minimum absolute atomic E-state index is 0.0693. The van der Waals surface area contributed by atoms with Gasteiger partial charge in [-0.25, -0.2) is 4.79 Å². The molecule has 0 radical (unpaired) electrons. The van der Waals surface area contributed by atoms with Gasteiger partial charge in [0.25, 0.3) is 0 Å². The maximum atomic E-state index is 13.4. The standard InChI is InChI=1S/C18H13Cl2F3O2/c1-10-6-11(2-4-15(10)17(24)25)3-5-16(18(21,22)23)12-7-13(19)9-14(20)8-12/h2-9,16H,1H3,(H,24,25). The molecule has 0 saturated carbocycles. The summed E-state index contributed by atoms with van der Waals surface area (Å²) in [5.41, 5.74) is 0.958. The van der Waals surface area contributed by atoms with Crippen LogP contribution in [-0.2, 0) is 0 Å². The van der Waals surface area contributed by atoms with E-state index in [2.05, 4.69) is 0 Å². The summed E-state index contributed by atoms with van der Waals surface area (Å²) in [6.07, 6.45) is -2.23. The summed E-state index contributed by atoms with van der Waals surface area (Å²) in [7, 11) is 0. The fourth-order valence-corrected chi connectivity index (χ4v) is 2.94. The summed E-state index contributed by atoms with van der Waals surface area (Å²) < 4.78 is 40.2. The lowest BCUT2D eigenvalue weighted by Gasteiger charge is -2.18. The molecule has 7 heteroatoms. The minimum Gasteiger partial charge on any atom is -0.478 e. The number of benzene rings is 2. The summed E-state index contributed by atoms with van der Waals surface area (Å²) >= 11 is 11.6. The number of carboxylic acids is 1.